The second-order valence-electron chi connectivity index (χ2n) is 7.75. The molecule has 3 aromatic rings. The number of aryl methyl sites for hydroxylation is 1. The van der Waals surface area contributed by atoms with Crippen molar-refractivity contribution in [2.24, 2.45) is 5.92 Å². The van der Waals surface area contributed by atoms with Crippen molar-refractivity contribution in [3.05, 3.63) is 53.0 Å². The molecule has 4 rings (SSSR count). The Kier molecular flexibility index (Phi) is 6.00. The Morgan fingerprint density at radius 1 is 1.23 bits per heavy atom. The summed E-state index contributed by atoms with van der Waals surface area (Å²) < 4.78 is 32.7. The fourth-order valence-electron chi connectivity index (χ4n) is 4.01. The van der Waals surface area contributed by atoms with E-state index in [1.807, 2.05) is 31.2 Å². The van der Waals surface area contributed by atoms with Crippen LogP contribution in [-0.4, -0.2) is 48.7 Å². The van der Waals surface area contributed by atoms with Crippen LogP contribution >= 0.6 is 11.3 Å². The standard InChI is InChI=1S/C22H24N2O5S2/c1-14-20(17-8-3-4-9-18(17)23-14)21(25)15(2)29-22(26)16-7-5-11-24(13-16)31(27,28)19-10-6-12-30-19/h3-4,6,8-10,12,15-16,23H,5,7,11,13H2,1-2H3/t15-,16+/m0/s1. The van der Waals surface area contributed by atoms with Crippen molar-refractivity contribution < 1.29 is 22.7 Å². The van der Waals surface area contributed by atoms with E-state index in [1.165, 1.54) is 4.31 Å². The number of H-pyrrole nitrogens is 1. The predicted octanol–water partition coefficient (Wildman–Crippen LogP) is 3.75. The van der Waals surface area contributed by atoms with Crippen LogP contribution in [0.25, 0.3) is 10.9 Å². The Labute approximate surface area is 185 Å². The van der Waals surface area contributed by atoms with E-state index in [2.05, 4.69) is 4.98 Å². The topological polar surface area (TPSA) is 96.5 Å². The summed E-state index contributed by atoms with van der Waals surface area (Å²) in [4.78, 5) is 29.0. The van der Waals surface area contributed by atoms with Gasteiger partial charge in [0.1, 0.15) is 4.21 Å². The van der Waals surface area contributed by atoms with E-state index in [0.29, 0.717) is 24.9 Å². The summed E-state index contributed by atoms with van der Waals surface area (Å²) in [6.45, 7) is 3.81. The van der Waals surface area contributed by atoms with Crippen molar-refractivity contribution in [1.82, 2.24) is 9.29 Å². The summed E-state index contributed by atoms with van der Waals surface area (Å²) >= 11 is 1.15. The molecule has 2 aromatic heterocycles. The maximum absolute atomic E-state index is 13.0. The lowest BCUT2D eigenvalue weighted by molar-refractivity contribution is -0.152. The number of piperidine rings is 1. The van der Waals surface area contributed by atoms with Gasteiger partial charge >= 0.3 is 5.97 Å². The third-order valence-electron chi connectivity index (χ3n) is 5.61. The zero-order chi connectivity index (χ0) is 22.2. The van der Waals surface area contributed by atoms with Crippen LogP contribution in [0.2, 0.25) is 0 Å². The van der Waals surface area contributed by atoms with E-state index in [9.17, 15) is 18.0 Å². The first-order chi connectivity index (χ1) is 14.8. The van der Waals surface area contributed by atoms with Crippen molar-refractivity contribution in [3.8, 4) is 0 Å². The third-order valence-corrected chi connectivity index (χ3v) is 8.85. The molecule has 1 N–H and O–H groups in total. The number of Topliss-reactive ketones (excluding diaryl/α,β-unsaturated/α-hetero) is 1. The molecule has 0 spiro atoms. The number of aromatic amines is 1. The fraction of sp³-hybridized carbons (Fsp3) is 0.364. The minimum Gasteiger partial charge on any atom is -0.454 e. The van der Waals surface area contributed by atoms with E-state index in [4.69, 9.17) is 4.74 Å². The molecule has 1 aliphatic rings. The second-order valence-corrected chi connectivity index (χ2v) is 10.9. The number of benzene rings is 1. The third kappa shape index (κ3) is 4.17. The molecule has 31 heavy (non-hydrogen) atoms. The van der Waals surface area contributed by atoms with Gasteiger partial charge in [0.25, 0.3) is 10.0 Å². The Hall–Kier alpha value is -2.49. The van der Waals surface area contributed by atoms with Gasteiger partial charge in [0.2, 0.25) is 5.78 Å². The highest BCUT2D eigenvalue weighted by Crippen LogP contribution is 2.28. The maximum atomic E-state index is 13.0. The van der Waals surface area contributed by atoms with E-state index < -0.39 is 28.0 Å². The van der Waals surface area contributed by atoms with Crippen LogP contribution in [0.1, 0.15) is 35.8 Å². The van der Waals surface area contributed by atoms with E-state index >= 15 is 0 Å². The molecule has 0 amide bonds. The fourth-order valence-corrected chi connectivity index (χ4v) is 6.68. The summed E-state index contributed by atoms with van der Waals surface area (Å²) in [5.41, 5.74) is 2.09. The summed E-state index contributed by atoms with van der Waals surface area (Å²) in [7, 11) is -3.62. The highest BCUT2D eigenvalue weighted by Gasteiger charge is 2.36. The van der Waals surface area contributed by atoms with Gasteiger partial charge in [-0.1, -0.05) is 24.3 Å². The summed E-state index contributed by atoms with van der Waals surface area (Å²) in [6.07, 6.45) is 0.131. The normalized spacial score (nSPS) is 18.7. The van der Waals surface area contributed by atoms with Gasteiger partial charge in [0.15, 0.2) is 6.10 Å². The van der Waals surface area contributed by atoms with Crippen LogP contribution in [0, 0.1) is 12.8 Å². The molecule has 0 saturated carbocycles. The average Bonchev–Trinajstić information content (AvgIpc) is 3.41. The largest absolute Gasteiger partial charge is 0.454 e. The lowest BCUT2D eigenvalue weighted by Crippen LogP contribution is -2.43. The molecule has 0 radical (unpaired) electrons. The molecule has 7 nitrogen and oxygen atoms in total. The second kappa shape index (κ2) is 8.57. The smallest absolute Gasteiger partial charge is 0.310 e. The van der Waals surface area contributed by atoms with Gasteiger partial charge in [-0.3, -0.25) is 9.59 Å². The molecule has 1 aliphatic heterocycles. The number of carbonyl (C=O) groups excluding carboxylic acids is 2. The lowest BCUT2D eigenvalue weighted by Gasteiger charge is -2.30. The SMILES string of the molecule is Cc1[nH]c2ccccc2c1C(=O)[C@H](C)OC(=O)[C@@H]1CCCN(S(=O)(=O)c2cccs2)C1. The molecule has 1 saturated heterocycles. The van der Waals surface area contributed by atoms with Crippen molar-refractivity contribution in [2.75, 3.05) is 13.1 Å². The Morgan fingerprint density at radius 2 is 2.00 bits per heavy atom. The monoisotopic (exact) mass is 460 g/mol. The molecule has 3 heterocycles. The predicted molar refractivity (Wildman–Crippen MR) is 119 cm³/mol. The molecular weight excluding hydrogens is 436 g/mol. The van der Waals surface area contributed by atoms with Gasteiger partial charge in [-0.05, 0) is 44.2 Å². The molecule has 1 aromatic carbocycles. The van der Waals surface area contributed by atoms with Crippen molar-refractivity contribution in [2.45, 2.75) is 37.0 Å². The number of para-hydroxylation sites is 1. The number of carbonyl (C=O) groups is 2. The minimum absolute atomic E-state index is 0.0616. The number of hydrogen-bond acceptors (Lipinski definition) is 6. The van der Waals surface area contributed by atoms with Gasteiger partial charge in [0, 0.05) is 35.2 Å². The van der Waals surface area contributed by atoms with Crippen LogP contribution in [0.4, 0.5) is 0 Å². The number of rotatable bonds is 6. The maximum Gasteiger partial charge on any atom is 0.310 e. The van der Waals surface area contributed by atoms with Gasteiger partial charge in [-0.2, -0.15) is 4.31 Å². The number of aromatic nitrogens is 1. The lowest BCUT2D eigenvalue weighted by atomic mass is 9.99. The highest BCUT2D eigenvalue weighted by molar-refractivity contribution is 7.91. The number of fused-ring (bicyclic) bond motifs is 1. The van der Waals surface area contributed by atoms with Gasteiger partial charge in [-0.25, -0.2) is 8.42 Å². The van der Waals surface area contributed by atoms with Crippen LogP contribution in [0.3, 0.4) is 0 Å². The Morgan fingerprint density at radius 3 is 2.74 bits per heavy atom. The van der Waals surface area contributed by atoms with Crippen molar-refractivity contribution in [3.63, 3.8) is 0 Å². The van der Waals surface area contributed by atoms with Gasteiger partial charge < -0.3 is 9.72 Å². The highest BCUT2D eigenvalue weighted by atomic mass is 32.2. The Bertz CT molecular complexity index is 1210. The zero-order valence-electron chi connectivity index (χ0n) is 17.3. The van der Waals surface area contributed by atoms with Gasteiger partial charge in [0.05, 0.1) is 5.92 Å². The summed E-state index contributed by atoms with van der Waals surface area (Å²) in [5, 5.41) is 2.50. The van der Waals surface area contributed by atoms with Crippen LogP contribution in [-0.2, 0) is 19.6 Å². The molecule has 0 aliphatic carbocycles. The van der Waals surface area contributed by atoms with E-state index in [1.54, 1.807) is 24.4 Å². The molecule has 164 valence electrons. The quantitative estimate of drug-likeness (QED) is 0.446. The number of nitrogens with zero attached hydrogens (tertiary/aromatic N) is 1. The number of hydrogen-bond donors (Lipinski definition) is 1. The number of esters is 1. The molecule has 1 fully saturated rings. The number of ether oxygens (including phenoxy) is 1. The van der Waals surface area contributed by atoms with Crippen LogP contribution in [0.5, 0.6) is 0 Å². The molecule has 0 unspecified atom stereocenters. The number of thiophene rings is 1. The first-order valence-corrected chi connectivity index (χ1v) is 12.5. The van der Waals surface area contributed by atoms with Crippen LogP contribution < -0.4 is 0 Å². The van der Waals surface area contributed by atoms with Crippen LogP contribution in [0.15, 0.2) is 46.0 Å². The average molecular weight is 461 g/mol. The van der Waals surface area contributed by atoms with E-state index in [0.717, 1.165) is 27.9 Å². The Balaban J connectivity index is 1.46. The van der Waals surface area contributed by atoms with Crippen molar-refractivity contribution in [1.29, 1.82) is 0 Å². The molecule has 9 heteroatoms. The molecular formula is C22H24N2O5S2. The summed E-state index contributed by atoms with van der Waals surface area (Å²) in [5.74, 6) is -1.41. The van der Waals surface area contributed by atoms with Crippen molar-refractivity contribution >= 4 is 44.0 Å². The minimum atomic E-state index is -3.62. The number of sulfonamides is 1. The number of ketones is 1. The summed E-state index contributed by atoms with van der Waals surface area (Å²) in [6, 6.07) is 10.7. The first kappa shape index (κ1) is 21.7. The number of nitrogens with one attached hydrogen (secondary N) is 1. The molecule has 0 bridgehead atoms. The zero-order valence-corrected chi connectivity index (χ0v) is 19.0. The van der Waals surface area contributed by atoms with E-state index in [-0.39, 0.29) is 16.5 Å². The van der Waals surface area contributed by atoms with Gasteiger partial charge in [-0.15, -0.1) is 11.3 Å². The molecule has 2 atom stereocenters. The first-order valence-electron chi connectivity index (χ1n) is 10.1.